The molecule has 0 aliphatic carbocycles. The van der Waals surface area contributed by atoms with Crippen molar-refractivity contribution >= 4 is 17.7 Å². The normalized spacial score (nSPS) is 12.6. The summed E-state index contributed by atoms with van der Waals surface area (Å²) in [5, 5.41) is 0. The van der Waals surface area contributed by atoms with Crippen molar-refractivity contribution in [1.29, 1.82) is 0 Å². The molecule has 0 saturated carbocycles. The van der Waals surface area contributed by atoms with Gasteiger partial charge in [-0.2, -0.15) is 0 Å². The Balaban J connectivity index is 1.64. The SMILES string of the molecule is CCCCCCCCCCOc1cc(OCCOCCOCCOCCOCCOC)cc(C(=O)N2CCN(C(=O)c3cc(OCCCCCCCCCC)cc(OCCOCCOCCOCCOCCOC)c3)CCN(C(=O)c3cc(OCCCCCCCCCC)cc(OCCOCCOCCOCCOCCOC)c3)CC2)c1. The van der Waals surface area contributed by atoms with Crippen LogP contribution in [0.4, 0.5) is 0 Å². The molecule has 672 valence electrons. The summed E-state index contributed by atoms with van der Waals surface area (Å²) in [6.07, 6.45) is 27.3. The van der Waals surface area contributed by atoms with Crippen molar-refractivity contribution < 1.29 is 114 Å². The number of benzene rings is 3. The molecule has 3 amide bonds. The predicted octanol–water partition coefficient (Wildman–Crippen LogP) is 14.3. The zero-order chi connectivity index (χ0) is 83.4. The van der Waals surface area contributed by atoms with Crippen LogP contribution in [0.3, 0.4) is 0 Å². The monoisotopic (exact) mass is 1660 g/mol. The molecule has 117 heavy (non-hydrogen) atoms. The van der Waals surface area contributed by atoms with Crippen molar-refractivity contribution in [2.24, 2.45) is 0 Å². The fraction of sp³-hybridized carbons (Fsp3) is 0.767. The largest absolute Gasteiger partial charge is 0.493 e. The zero-order valence-electron chi connectivity index (χ0n) is 72.9. The maximum atomic E-state index is 15.5. The molecule has 27 heteroatoms. The molecule has 0 aromatic heterocycles. The minimum Gasteiger partial charge on any atom is -0.493 e. The fourth-order valence-corrected chi connectivity index (χ4v) is 12.4. The highest BCUT2D eigenvalue weighted by molar-refractivity contribution is 5.97. The number of ether oxygens (including phenoxy) is 21. The summed E-state index contributed by atoms with van der Waals surface area (Å²) >= 11 is 0. The van der Waals surface area contributed by atoms with Crippen LogP contribution in [0.25, 0.3) is 0 Å². The molecular weight excluding hydrogens is 1510 g/mol. The Labute approximate surface area is 702 Å². The van der Waals surface area contributed by atoms with Gasteiger partial charge in [-0.15, -0.1) is 0 Å². The summed E-state index contributed by atoms with van der Waals surface area (Å²) in [5.41, 5.74) is 0.981. The van der Waals surface area contributed by atoms with E-state index in [1.54, 1.807) is 72.4 Å². The van der Waals surface area contributed by atoms with Crippen LogP contribution >= 0.6 is 0 Å². The quantitative estimate of drug-likeness (QED) is 0.0476. The van der Waals surface area contributed by atoms with Gasteiger partial charge < -0.3 is 114 Å². The number of carbonyl (C=O) groups excluding carboxylic acids is 3. The lowest BCUT2D eigenvalue weighted by Crippen LogP contribution is -2.41. The predicted molar refractivity (Wildman–Crippen MR) is 453 cm³/mol. The first-order valence-corrected chi connectivity index (χ1v) is 44.2. The Morgan fingerprint density at radius 2 is 0.359 bits per heavy atom. The Morgan fingerprint density at radius 3 is 0.538 bits per heavy atom. The standard InChI is InChI=1S/C90H153N3O24/c1-7-10-13-16-19-22-25-28-37-112-82-70-79(73-85(76-82)115-67-64-109-61-58-106-55-52-103-49-46-100-43-40-97-4)88(94)91-31-33-92(89(95)80-71-83(113-38-29-26-23-20-17-14-11-8-2)77-86(74-80)116-68-65-110-62-59-107-56-53-104-50-47-101-44-41-98-5)35-36-93(34-32-91)90(96)81-72-84(114-39-30-27-24-21-18-15-12-9-3)78-87(75-81)117-69-66-111-63-60-108-57-54-105-51-48-102-45-42-99-6/h70-78H,7-69H2,1-6H3. The van der Waals surface area contributed by atoms with Gasteiger partial charge in [-0.3, -0.25) is 14.4 Å². The van der Waals surface area contributed by atoms with Gasteiger partial charge in [0, 0.05) is 95.5 Å². The van der Waals surface area contributed by atoms with Gasteiger partial charge in [0.05, 0.1) is 198 Å². The summed E-state index contributed by atoms with van der Waals surface area (Å²) in [4.78, 5) is 51.7. The lowest BCUT2D eigenvalue weighted by atomic mass is 10.1. The number of rotatable bonds is 81. The van der Waals surface area contributed by atoms with E-state index < -0.39 is 0 Å². The number of methoxy groups -OCH3 is 3. The van der Waals surface area contributed by atoms with Crippen molar-refractivity contribution in [3.8, 4) is 34.5 Å². The minimum atomic E-state index is -0.328. The lowest BCUT2D eigenvalue weighted by molar-refractivity contribution is -0.00979. The van der Waals surface area contributed by atoms with Crippen LogP contribution in [0.1, 0.15) is 206 Å². The van der Waals surface area contributed by atoms with Crippen LogP contribution in [0.5, 0.6) is 34.5 Å². The molecule has 0 atom stereocenters. The Morgan fingerprint density at radius 1 is 0.205 bits per heavy atom. The van der Waals surface area contributed by atoms with E-state index in [0.717, 1.165) is 57.8 Å². The molecular formula is C90H153N3O24. The number of carbonyl (C=O) groups is 3. The van der Waals surface area contributed by atoms with Crippen molar-refractivity contribution in [1.82, 2.24) is 14.7 Å². The Hall–Kier alpha value is -5.73. The number of nitrogens with zero attached hydrogens (tertiary/aromatic N) is 3. The summed E-state index contributed by atoms with van der Waals surface area (Å²) in [6.45, 7) is 21.0. The van der Waals surface area contributed by atoms with Crippen LogP contribution in [-0.2, 0) is 71.1 Å². The molecule has 1 fully saturated rings. The average molecular weight is 1660 g/mol. The van der Waals surface area contributed by atoms with E-state index in [1.165, 1.54) is 96.3 Å². The topological polar surface area (TPSA) is 255 Å². The highest BCUT2D eigenvalue weighted by Gasteiger charge is 2.29. The summed E-state index contributed by atoms with van der Waals surface area (Å²) < 4.78 is 121. The average Bonchev–Trinajstić information content (AvgIpc) is 1.80. The maximum absolute atomic E-state index is 15.5. The van der Waals surface area contributed by atoms with Crippen molar-refractivity contribution in [3.63, 3.8) is 0 Å². The van der Waals surface area contributed by atoms with E-state index >= 15 is 14.4 Å². The molecule has 1 aliphatic rings. The molecule has 0 unspecified atom stereocenters. The van der Waals surface area contributed by atoms with E-state index in [2.05, 4.69) is 20.8 Å². The van der Waals surface area contributed by atoms with Crippen LogP contribution in [0.2, 0.25) is 0 Å². The second-order valence-corrected chi connectivity index (χ2v) is 28.8. The van der Waals surface area contributed by atoms with Gasteiger partial charge in [0.25, 0.3) is 17.7 Å². The molecule has 3 aromatic rings. The smallest absolute Gasteiger partial charge is 0.254 e. The molecule has 3 aromatic carbocycles. The second kappa shape index (κ2) is 75.3. The molecule has 4 rings (SSSR count). The highest BCUT2D eigenvalue weighted by Crippen LogP contribution is 2.29. The van der Waals surface area contributed by atoms with Gasteiger partial charge in [0.1, 0.15) is 54.3 Å². The first kappa shape index (κ1) is 104. The van der Waals surface area contributed by atoms with E-state index in [9.17, 15) is 0 Å². The number of hydrogen-bond acceptors (Lipinski definition) is 24. The fourth-order valence-electron chi connectivity index (χ4n) is 12.4. The summed E-state index contributed by atoms with van der Waals surface area (Å²) in [6, 6.07) is 15.9. The first-order chi connectivity index (χ1) is 57.7. The Kier molecular flexibility index (Phi) is 66.6. The number of amides is 3. The van der Waals surface area contributed by atoms with Crippen molar-refractivity contribution in [2.45, 2.75) is 175 Å². The molecule has 0 bridgehead atoms. The maximum Gasteiger partial charge on any atom is 0.254 e. The van der Waals surface area contributed by atoms with Crippen molar-refractivity contribution in [3.05, 3.63) is 71.3 Å². The minimum absolute atomic E-state index is 0.127. The van der Waals surface area contributed by atoms with E-state index in [0.29, 0.717) is 230 Å². The number of unbranched alkanes of at least 4 members (excludes halogenated alkanes) is 21. The van der Waals surface area contributed by atoms with E-state index in [1.807, 2.05) is 18.2 Å². The summed E-state index contributed by atoms with van der Waals surface area (Å²) in [7, 11) is 4.92. The van der Waals surface area contributed by atoms with Crippen LogP contribution < -0.4 is 28.4 Å². The van der Waals surface area contributed by atoms with Crippen LogP contribution in [-0.4, -0.2) is 311 Å². The van der Waals surface area contributed by atoms with Gasteiger partial charge >= 0.3 is 0 Å². The summed E-state index contributed by atoms with van der Waals surface area (Å²) in [5.74, 6) is 1.78. The molecule has 0 N–H and O–H groups in total. The van der Waals surface area contributed by atoms with E-state index in [-0.39, 0.29) is 96.6 Å². The van der Waals surface area contributed by atoms with Crippen LogP contribution in [0, 0.1) is 0 Å². The van der Waals surface area contributed by atoms with Crippen molar-refractivity contribution in [2.75, 3.05) is 279 Å². The zero-order valence-corrected chi connectivity index (χ0v) is 72.9. The third kappa shape index (κ3) is 55.0. The molecule has 1 heterocycles. The highest BCUT2D eigenvalue weighted by atomic mass is 16.6. The van der Waals surface area contributed by atoms with Gasteiger partial charge in [-0.25, -0.2) is 0 Å². The van der Waals surface area contributed by atoms with Gasteiger partial charge in [-0.05, 0) is 55.7 Å². The first-order valence-electron chi connectivity index (χ1n) is 44.2. The lowest BCUT2D eigenvalue weighted by Gasteiger charge is -2.26. The number of hydrogen-bond donors (Lipinski definition) is 0. The van der Waals surface area contributed by atoms with Gasteiger partial charge in [0.15, 0.2) is 0 Å². The molecule has 1 aliphatic heterocycles. The molecule has 0 spiro atoms. The van der Waals surface area contributed by atoms with Crippen LogP contribution in [0.15, 0.2) is 54.6 Å². The molecule has 0 radical (unpaired) electrons. The van der Waals surface area contributed by atoms with Gasteiger partial charge in [-0.1, -0.05) is 156 Å². The van der Waals surface area contributed by atoms with Gasteiger partial charge in [0.2, 0.25) is 0 Å². The Bertz CT molecular complexity index is 2520. The second-order valence-electron chi connectivity index (χ2n) is 28.8. The third-order valence-corrected chi connectivity index (χ3v) is 19.1. The molecule has 1 saturated heterocycles. The van der Waals surface area contributed by atoms with E-state index in [4.69, 9.17) is 99.5 Å². The molecule has 27 nitrogen and oxygen atoms in total. The third-order valence-electron chi connectivity index (χ3n) is 19.1.